The van der Waals surface area contributed by atoms with Crippen molar-refractivity contribution in [2.75, 3.05) is 21.3 Å². The average molecular weight is 665 g/mol. The lowest BCUT2D eigenvalue weighted by Gasteiger charge is -2.36. The predicted molar refractivity (Wildman–Crippen MR) is 182 cm³/mol. The van der Waals surface area contributed by atoms with Crippen LogP contribution in [0.15, 0.2) is 0 Å². The van der Waals surface area contributed by atoms with Crippen LogP contribution in [0.1, 0.15) is 121 Å². The van der Waals surface area contributed by atoms with Gasteiger partial charge >= 0.3 is 17.9 Å². The molecule has 13 nitrogen and oxygen atoms in total. The van der Waals surface area contributed by atoms with Crippen LogP contribution in [-0.2, 0) is 52.5 Å². The van der Waals surface area contributed by atoms with E-state index in [1.54, 1.807) is 20.8 Å². The normalized spacial score (nSPS) is 15.1. The predicted octanol–water partition coefficient (Wildman–Crippen LogP) is 5.74. The van der Waals surface area contributed by atoms with E-state index in [2.05, 4.69) is 14.2 Å². The number of carboxylic acids is 1. The summed E-state index contributed by atoms with van der Waals surface area (Å²) in [6.45, 7) is 16.9. The monoisotopic (exact) mass is 664 g/mol. The van der Waals surface area contributed by atoms with Crippen molar-refractivity contribution in [2.45, 2.75) is 156 Å². The molecule has 0 bridgehead atoms. The molecule has 0 amide bonds. The summed E-state index contributed by atoms with van der Waals surface area (Å²) in [5.41, 5.74) is -2.29. The molecule has 3 unspecified atom stereocenters. The summed E-state index contributed by atoms with van der Waals surface area (Å²) in [7, 11) is 4.56. The molecule has 1 aliphatic rings. The van der Waals surface area contributed by atoms with Crippen LogP contribution < -0.4 is 0 Å². The number of methoxy groups -OCH3 is 3. The highest BCUT2D eigenvalue weighted by molar-refractivity contribution is 5.92. The van der Waals surface area contributed by atoms with Gasteiger partial charge in [-0.05, 0) is 76.2 Å². The summed E-state index contributed by atoms with van der Waals surface area (Å²) in [6.07, 6.45) is -1.94. The minimum Gasteiger partial charge on any atom is -0.479 e. The largest absolute Gasteiger partial charge is 0.479 e. The van der Waals surface area contributed by atoms with Crippen LogP contribution in [0.4, 0.5) is 0 Å². The Bertz CT molecular complexity index is 714. The van der Waals surface area contributed by atoms with Gasteiger partial charge in [-0.15, -0.1) is 0 Å². The lowest BCUT2D eigenvalue weighted by Crippen LogP contribution is -2.54. The Morgan fingerprint density at radius 3 is 0.800 bits per heavy atom. The van der Waals surface area contributed by atoms with Crippen LogP contribution >= 0.6 is 0 Å². The lowest BCUT2D eigenvalue weighted by atomic mass is 10.0. The van der Waals surface area contributed by atoms with Crippen LogP contribution in [0.5, 0.6) is 0 Å². The summed E-state index contributed by atoms with van der Waals surface area (Å²) >= 11 is 0. The Kier molecular flexibility index (Phi) is 52.4. The molecule has 2 N–H and O–H groups in total. The molecular weight excluding hydrogens is 592 g/mol. The van der Waals surface area contributed by atoms with E-state index in [0.717, 1.165) is 0 Å². The maximum absolute atomic E-state index is 11.2. The van der Waals surface area contributed by atoms with E-state index in [1.807, 2.05) is 0 Å². The van der Waals surface area contributed by atoms with Crippen molar-refractivity contribution in [3.63, 3.8) is 0 Å². The van der Waals surface area contributed by atoms with Crippen molar-refractivity contribution in [1.29, 1.82) is 0 Å². The number of carbonyl (C=O) groups excluding carboxylic acids is 5. The van der Waals surface area contributed by atoms with Gasteiger partial charge in [0.2, 0.25) is 11.2 Å². The molecule has 13 heteroatoms. The van der Waals surface area contributed by atoms with E-state index >= 15 is 0 Å². The van der Waals surface area contributed by atoms with Crippen molar-refractivity contribution in [1.82, 2.24) is 0 Å². The molecule has 0 aromatic rings. The molecule has 0 spiro atoms. The van der Waals surface area contributed by atoms with Gasteiger partial charge in [0.1, 0.15) is 24.4 Å². The minimum atomic E-state index is -1.23. The first-order chi connectivity index (χ1) is 17.4. The number of Topliss-reactive ketones (excluding diaryl/α,β-unsaturated/α-hetero) is 3. The van der Waals surface area contributed by atoms with Crippen LogP contribution in [0.2, 0.25) is 0 Å². The molecule has 278 valence electrons. The van der Waals surface area contributed by atoms with Crippen molar-refractivity contribution in [3.8, 4) is 0 Å². The molecule has 0 radical (unpaired) electrons. The number of hydrogen-bond acceptors (Lipinski definition) is 12. The number of hydrogen-bond donors (Lipinski definition) is 2. The number of aliphatic hydroxyl groups excluding tert-OH is 1. The first kappa shape index (κ1) is 69.1. The zero-order valence-corrected chi connectivity index (χ0v) is 25.7. The zero-order chi connectivity index (χ0) is 32.3. The molecular formula is C32H72O13. The fraction of sp³-hybridized carbons (Fsp3) is 0.812. The zero-order valence-electron chi connectivity index (χ0n) is 25.7. The maximum Gasteiger partial charge on any atom is 0.351 e. The highest BCUT2D eigenvalue weighted by Crippen LogP contribution is 2.26. The Hall–Kier alpha value is -2.74. The van der Waals surface area contributed by atoms with Crippen LogP contribution in [-0.4, -0.2) is 102 Å². The molecule has 45 heavy (non-hydrogen) atoms. The smallest absolute Gasteiger partial charge is 0.351 e. The second kappa shape index (κ2) is 34.1. The van der Waals surface area contributed by atoms with E-state index < -0.39 is 35.2 Å². The van der Waals surface area contributed by atoms with E-state index in [9.17, 15) is 28.8 Å². The summed E-state index contributed by atoms with van der Waals surface area (Å²) < 4.78 is 23.8. The number of rotatable bonds is 7. The molecule has 1 aliphatic heterocycles. The first-order valence-corrected chi connectivity index (χ1v) is 11.9. The molecule has 0 saturated carbocycles. The highest BCUT2D eigenvalue weighted by Gasteiger charge is 2.48. The number of ketones is 3. The summed E-state index contributed by atoms with van der Waals surface area (Å²) in [5.74, 6) is -1.98. The number of aliphatic hydroxyl groups is 1. The van der Waals surface area contributed by atoms with Gasteiger partial charge in [0.25, 0.3) is 0 Å². The molecule has 1 heterocycles. The maximum atomic E-state index is 11.2. The fourth-order valence-electron chi connectivity index (χ4n) is 1.29. The number of cyclic esters (lactones) is 2. The van der Waals surface area contributed by atoms with Gasteiger partial charge in [-0.3, -0.25) is 14.4 Å². The third-order valence-corrected chi connectivity index (χ3v) is 4.81. The van der Waals surface area contributed by atoms with E-state index in [1.165, 1.54) is 76.7 Å². The van der Waals surface area contributed by atoms with Crippen LogP contribution in [0.3, 0.4) is 0 Å². The SMILES string of the molecule is C.C.C.C.C.C.CC1(C)OC(=O)C(C)(C)OC1=O.COC(C)C(C)=O.COC(C)C(C)=O.COC(C)C(C)=O.C[C@H](O)C(=O)O. The quantitative estimate of drug-likeness (QED) is 0.314. The van der Waals surface area contributed by atoms with Crippen molar-refractivity contribution in [2.24, 2.45) is 0 Å². The van der Waals surface area contributed by atoms with E-state index in [-0.39, 0.29) is 80.2 Å². The van der Waals surface area contributed by atoms with Gasteiger partial charge in [0, 0.05) is 21.3 Å². The van der Waals surface area contributed by atoms with E-state index in [4.69, 9.17) is 19.7 Å². The highest BCUT2D eigenvalue weighted by atomic mass is 16.7. The summed E-state index contributed by atoms with van der Waals surface area (Å²) in [5, 5.41) is 15.8. The van der Waals surface area contributed by atoms with Gasteiger partial charge in [-0.2, -0.15) is 0 Å². The standard InChI is InChI=1S/C8H12O4.3C5H10O2.C3H6O3.6CH4/c1-7(2)5(9)12-8(3,4)6(10)11-7;3*1-4(6)5(2)7-3;1-2(4)3(5)6;;;;;;/h1-4H3;3*5H,1-3H3;2,4H,1H3,(H,5,6);6*1H4/t;;;;2-;;;;;;/m....0....../s1. The van der Waals surface area contributed by atoms with Gasteiger partial charge < -0.3 is 33.9 Å². The van der Waals surface area contributed by atoms with E-state index in [0.29, 0.717) is 0 Å². The molecule has 1 rings (SSSR count). The Balaban J connectivity index is -0.0000000422. The fourth-order valence-corrected chi connectivity index (χ4v) is 1.29. The molecule has 0 aromatic carbocycles. The number of carbonyl (C=O) groups is 6. The number of esters is 2. The molecule has 1 saturated heterocycles. The second-order valence-electron chi connectivity index (χ2n) is 9.28. The molecule has 4 atom stereocenters. The summed E-state index contributed by atoms with van der Waals surface area (Å²) in [4.78, 5) is 62.6. The molecule has 0 aromatic heterocycles. The summed E-state index contributed by atoms with van der Waals surface area (Å²) in [6, 6.07) is 0. The first-order valence-electron chi connectivity index (χ1n) is 11.9. The number of aliphatic carboxylic acids is 1. The Morgan fingerprint density at radius 2 is 0.733 bits per heavy atom. The van der Waals surface area contributed by atoms with Crippen molar-refractivity contribution >= 4 is 35.3 Å². The van der Waals surface area contributed by atoms with Crippen molar-refractivity contribution in [3.05, 3.63) is 0 Å². The van der Waals surface area contributed by atoms with Gasteiger partial charge in [0.15, 0.2) is 17.3 Å². The van der Waals surface area contributed by atoms with Crippen LogP contribution in [0, 0.1) is 0 Å². The topological polar surface area (TPSA) is 189 Å². The third kappa shape index (κ3) is 37.4. The van der Waals surface area contributed by atoms with Gasteiger partial charge in [-0.1, -0.05) is 44.6 Å². The Morgan fingerprint density at radius 1 is 0.578 bits per heavy atom. The number of ether oxygens (including phenoxy) is 5. The average Bonchev–Trinajstić information content (AvgIpc) is 2.82. The Labute approximate surface area is 275 Å². The number of carboxylic acid groups (broad SMARTS) is 1. The third-order valence-electron chi connectivity index (χ3n) is 4.81. The second-order valence-corrected chi connectivity index (χ2v) is 9.28. The van der Waals surface area contributed by atoms with Crippen molar-refractivity contribution < 1.29 is 62.7 Å². The van der Waals surface area contributed by atoms with Gasteiger partial charge in [-0.25, -0.2) is 14.4 Å². The molecule has 0 aliphatic carbocycles. The minimum absolute atomic E-state index is 0. The lowest BCUT2D eigenvalue weighted by molar-refractivity contribution is -0.218. The van der Waals surface area contributed by atoms with Gasteiger partial charge in [0.05, 0.1) is 0 Å². The van der Waals surface area contributed by atoms with Crippen LogP contribution in [0.25, 0.3) is 0 Å². The molecule has 1 fully saturated rings.